The van der Waals surface area contributed by atoms with Crippen LogP contribution < -0.4 is 4.74 Å². The summed E-state index contributed by atoms with van der Waals surface area (Å²) in [5.41, 5.74) is 1.05. The molecule has 0 aromatic carbocycles. The monoisotopic (exact) mass is 344 g/mol. The quantitative estimate of drug-likeness (QED) is 0.859. The Morgan fingerprint density at radius 2 is 2.29 bits per heavy atom. The van der Waals surface area contributed by atoms with Gasteiger partial charge in [0.05, 0.1) is 17.5 Å². The Balaban J connectivity index is 1.50. The van der Waals surface area contributed by atoms with Gasteiger partial charge in [0.25, 0.3) is 5.91 Å². The summed E-state index contributed by atoms with van der Waals surface area (Å²) in [6, 6.07) is 7.71. The van der Waals surface area contributed by atoms with Gasteiger partial charge < -0.3 is 14.4 Å². The molecule has 0 N–H and O–H groups in total. The topological polar surface area (TPSA) is 51.7 Å². The molecule has 2 fully saturated rings. The second-order valence-electron chi connectivity index (χ2n) is 6.24. The van der Waals surface area contributed by atoms with Crippen molar-refractivity contribution in [2.75, 3.05) is 13.2 Å². The molecule has 0 spiro atoms. The van der Waals surface area contributed by atoms with Crippen molar-refractivity contribution in [1.82, 2.24) is 9.88 Å². The predicted molar refractivity (Wildman–Crippen MR) is 91.5 cm³/mol. The van der Waals surface area contributed by atoms with Crippen molar-refractivity contribution in [3.8, 4) is 5.88 Å². The number of aromatic nitrogens is 1. The van der Waals surface area contributed by atoms with E-state index >= 15 is 0 Å². The van der Waals surface area contributed by atoms with E-state index in [0.29, 0.717) is 19.0 Å². The number of nitrogens with zero attached hydrogens (tertiary/aromatic N) is 2. The fourth-order valence-electron chi connectivity index (χ4n) is 3.59. The number of fused-ring (bicyclic) bond motifs is 1. The molecule has 0 unspecified atom stereocenters. The highest BCUT2D eigenvalue weighted by molar-refractivity contribution is 7.12. The Hall–Kier alpha value is -1.92. The van der Waals surface area contributed by atoms with Crippen LogP contribution in [0.25, 0.3) is 0 Å². The van der Waals surface area contributed by atoms with E-state index in [1.54, 1.807) is 6.20 Å². The molecule has 4 rings (SSSR count). The van der Waals surface area contributed by atoms with Gasteiger partial charge in [0.1, 0.15) is 12.2 Å². The molecule has 2 aliphatic rings. The Morgan fingerprint density at radius 3 is 3.04 bits per heavy atom. The van der Waals surface area contributed by atoms with Gasteiger partial charge in [-0.1, -0.05) is 6.07 Å². The Morgan fingerprint density at radius 1 is 1.38 bits per heavy atom. The van der Waals surface area contributed by atoms with Crippen LogP contribution in [0.1, 0.15) is 28.1 Å². The lowest BCUT2D eigenvalue weighted by Gasteiger charge is -2.38. The zero-order chi connectivity index (χ0) is 16.5. The van der Waals surface area contributed by atoms with Crippen LogP contribution in [0.3, 0.4) is 0 Å². The molecule has 6 heteroatoms. The number of carbonyl (C=O) groups is 1. The third-order valence-electron chi connectivity index (χ3n) is 4.76. The summed E-state index contributed by atoms with van der Waals surface area (Å²) in [6.07, 6.45) is 3.37. The van der Waals surface area contributed by atoms with Crippen LogP contribution >= 0.6 is 11.3 Å². The number of ether oxygens (including phenoxy) is 2. The molecule has 24 heavy (non-hydrogen) atoms. The molecule has 5 nitrogen and oxygen atoms in total. The summed E-state index contributed by atoms with van der Waals surface area (Å²) in [5, 5.41) is 1.97. The second kappa shape index (κ2) is 6.53. The second-order valence-corrected chi connectivity index (χ2v) is 7.15. The highest BCUT2D eigenvalue weighted by Crippen LogP contribution is 2.34. The molecule has 2 aromatic heterocycles. The van der Waals surface area contributed by atoms with Gasteiger partial charge in [-0.05, 0) is 42.8 Å². The SMILES string of the molecule is Cc1ccsc1C(=O)N1CCO[C@H]2[C@@H](Oc3ccccn3)CC[C@@H]21. The van der Waals surface area contributed by atoms with Gasteiger partial charge in [0, 0.05) is 18.8 Å². The van der Waals surface area contributed by atoms with Gasteiger partial charge in [-0.25, -0.2) is 4.98 Å². The third kappa shape index (κ3) is 2.80. The van der Waals surface area contributed by atoms with Gasteiger partial charge in [-0.3, -0.25) is 4.79 Å². The summed E-state index contributed by atoms with van der Waals surface area (Å²) in [7, 11) is 0. The van der Waals surface area contributed by atoms with Gasteiger partial charge in [0.2, 0.25) is 5.88 Å². The van der Waals surface area contributed by atoms with Crippen molar-refractivity contribution in [3.63, 3.8) is 0 Å². The first kappa shape index (κ1) is 15.6. The Kier molecular flexibility index (Phi) is 4.24. The normalized spacial score (nSPS) is 26.2. The van der Waals surface area contributed by atoms with Crippen LogP contribution in [0.15, 0.2) is 35.8 Å². The number of pyridine rings is 1. The van der Waals surface area contributed by atoms with Crippen molar-refractivity contribution in [1.29, 1.82) is 0 Å². The average Bonchev–Trinajstić information content (AvgIpc) is 3.22. The van der Waals surface area contributed by atoms with Crippen molar-refractivity contribution in [2.24, 2.45) is 0 Å². The molecule has 126 valence electrons. The molecule has 2 aromatic rings. The number of carbonyl (C=O) groups excluding carboxylic acids is 1. The molecule has 1 aliphatic carbocycles. The smallest absolute Gasteiger partial charge is 0.264 e. The molecule has 1 amide bonds. The Labute approximate surface area is 145 Å². The molecule has 3 atom stereocenters. The molecule has 1 saturated carbocycles. The minimum atomic E-state index is -0.0787. The van der Waals surface area contributed by atoms with E-state index in [4.69, 9.17) is 9.47 Å². The maximum atomic E-state index is 12.9. The van der Waals surface area contributed by atoms with Crippen molar-refractivity contribution in [3.05, 3.63) is 46.3 Å². The molecule has 0 bridgehead atoms. The minimum Gasteiger partial charge on any atom is -0.471 e. The Bertz CT molecular complexity index is 718. The largest absolute Gasteiger partial charge is 0.471 e. The lowest BCUT2D eigenvalue weighted by Crippen LogP contribution is -2.54. The lowest BCUT2D eigenvalue weighted by molar-refractivity contribution is -0.0792. The van der Waals surface area contributed by atoms with Gasteiger partial charge in [-0.2, -0.15) is 0 Å². The van der Waals surface area contributed by atoms with E-state index in [1.807, 2.05) is 41.5 Å². The molecular formula is C18H20N2O3S. The number of hydrogen-bond acceptors (Lipinski definition) is 5. The minimum absolute atomic E-state index is 0.0510. The summed E-state index contributed by atoms with van der Waals surface area (Å²) in [5.74, 6) is 0.739. The molecular weight excluding hydrogens is 324 g/mol. The van der Waals surface area contributed by atoms with E-state index in [0.717, 1.165) is 23.3 Å². The van der Waals surface area contributed by atoms with E-state index in [1.165, 1.54) is 11.3 Å². The molecule has 1 aliphatic heterocycles. The summed E-state index contributed by atoms with van der Waals surface area (Å²) in [6.45, 7) is 3.19. The van der Waals surface area contributed by atoms with Gasteiger partial charge in [0.15, 0.2) is 0 Å². The van der Waals surface area contributed by atoms with Crippen LogP contribution in [-0.4, -0.2) is 47.2 Å². The first-order valence-electron chi connectivity index (χ1n) is 8.28. The number of thiophene rings is 1. The fraction of sp³-hybridized carbons (Fsp3) is 0.444. The van der Waals surface area contributed by atoms with Crippen molar-refractivity contribution >= 4 is 17.2 Å². The van der Waals surface area contributed by atoms with Crippen LogP contribution in [0.4, 0.5) is 0 Å². The maximum absolute atomic E-state index is 12.9. The summed E-state index contributed by atoms with van der Waals surface area (Å²) < 4.78 is 12.0. The number of rotatable bonds is 3. The average molecular weight is 344 g/mol. The summed E-state index contributed by atoms with van der Waals surface area (Å²) >= 11 is 1.52. The first-order chi connectivity index (χ1) is 11.7. The van der Waals surface area contributed by atoms with Crippen molar-refractivity contribution in [2.45, 2.75) is 38.0 Å². The highest BCUT2D eigenvalue weighted by Gasteiger charge is 2.46. The summed E-state index contributed by atoms with van der Waals surface area (Å²) in [4.78, 5) is 20.0. The number of amides is 1. The fourth-order valence-corrected chi connectivity index (χ4v) is 4.47. The van der Waals surface area contributed by atoms with Crippen LogP contribution in [0, 0.1) is 6.92 Å². The number of morpholine rings is 1. The van der Waals surface area contributed by atoms with Crippen LogP contribution in [0.2, 0.25) is 0 Å². The lowest BCUT2D eigenvalue weighted by atomic mass is 10.1. The molecule has 0 radical (unpaired) electrons. The number of aryl methyl sites for hydroxylation is 1. The van der Waals surface area contributed by atoms with E-state index in [9.17, 15) is 4.79 Å². The maximum Gasteiger partial charge on any atom is 0.264 e. The van der Waals surface area contributed by atoms with Gasteiger partial charge in [-0.15, -0.1) is 11.3 Å². The number of hydrogen-bond donors (Lipinski definition) is 0. The van der Waals surface area contributed by atoms with Crippen LogP contribution in [-0.2, 0) is 4.74 Å². The standard InChI is InChI=1S/C18H20N2O3S/c1-12-7-11-24-17(12)18(21)20-9-10-22-16-13(20)5-6-14(16)23-15-4-2-3-8-19-15/h2-4,7-8,11,13-14,16H,5-6,9-10H2,1H3/t13-,14-,16+/m0/s1. The van der Waals surface area contributed by atoms with E-state index in [2.05, 4.69) is 4.98 Å². The van der Waals surface area contributed by atoms with E-state index < -0.39 is 0 Å². The van der Waals surface area contributed by atoms with Crippen LogP contribution in [0.5, 0.6) is 5.88 Å². The zero-order valence-electron chi connectivity index (χ0n) is 13.6. The van der Waals surface area contributed by atoms with E-state index in [-0.39, 0.29) is 24.2 Å². The third-order valence-corrected chi connectivity index (χ3v) is 5.77. The molecule has 3 heterocycles. The first-order valence-corrected chi connectivity index (χ1v) is 9.16. The van der Waals surface area contributed by atoms with Crippen molar-refractivity contribution < 1.29 is 14.3 Å². The predicted octanol–water partition coefficient (Wildman–Crippen LogP) is 2.90. The zero-order valence-corrected chi connectivity index (χ0v) is 14.4. The molecule has 1 saturated heterocycles. The van der Waals surface area contributed by atoms with Gasteiger partial charge >= 0.3 is 0 Å². The highest BCUT2D eigenvalue weighted by atomic mass is 32.1.